The Labute approximate surface area is 143 Å². The first kappa shape index (κ1) is 15.1. The lowest BCUT2D eigenvalue weighted by atomic mass is 10.1. The van der Waals surface area contributed by atoms with Crippen LogP contribution in [-0.4, -0.2) is 36.8 Å². The Morgan fingerprint density at radius 2 is 1.88 bits per heavy atom. The molecule has 3 heterocycles. The van der Waals surface area contributed by atoms with E-state index >= 15 is 0 Å². The molecular formula is C18H15N5O2. The van der Waals surface area contributed by atoms with Crippen LogP contribution >= 0.6 is 0 Å². The molecule has 0 aliphatic heterocycles. The van der Waals surface area contributed by atoms with Crippen molar-refractivity contribution in [3.8, 4) is 23.0 Å². The molecule has 0 saturated heterocycles. The number of methoxy groups -OCH3 is 1. The fourth-order valence-electron chi connectivity index (χ4n) is 2.63. The van der Waals surface area contributed by atoms with E-state index in [0.29, 0.717) is 18.1 Å². The maximum atomic E-state index is 9.32. The second-order valence-corrected chi connectivity index (χ2v) is 5.54. The molecule has 0 bridgehead atoms. The van der Waals surface area contributed by atoms with E-state index in [1.165, 1.54) is 12.4 Å². The van der Waals surface area contributed by atoms with Gasteiger partial charge in [-0.15, -0.1) is 5.10 Å². The van der Waals surface area contributed by atoms with Crippen molar-refractivity contribution in [2.24, 2.45) is 0 Å². The maximum absolute atomic E-state index is 9.32. The molecule has 0 atom stereocenters. The minimum Gasteiger partial charge on any atom is -0.505 e. The number of imidazole rings is 1. The molecular weight excluding hydrogens is 318 g/mol. The van der Waals surface area contributed by atoms with E-state index in [4.69, 9.17) is 4.74 Å². The average Bonchev–Trinajstić information content (AvgIpc) is 3.04. The zero-order chi connectivity index (χ0) is 17.2. The Bertz CT molecular complexity index is 1030. The average molecular weight is 333 g/mol. The normalized spacial score (nSPS) is 10.9. The van der Waals surface area contributed by atoms with Gasteiger partial charge >= 0.3 is 0 Å². The van der Waals surface area contributed by atoms with E-state index < -0.39 is 0 Å². The van der Waals surface area contributed by atoms with Crippen molar-refractivity contribution >= 4 is 5.65 Å². The van der Waals surface area contributed by atoms with Gasteiger partial charge in [0.1, 0.15) is 0 Å². The predicted molar refractivity (Wildman–Crippen MR) is 91.5 cm³/mol. The minimum atomic E-state index is 0.0469. The van der Waals surface area contributed by atoms with Crippen LogP contribution in [0.25, 0.3) is 17.0 Å². The topological polar surface area (TPSA) is 85.4 Å². The molecule has 124 valence electrons. The Balaban J connectivity index is 1.67. The zero-order valence-electron chi connectivity index (χ0n) is 13.5. The van der Waals surface area contributed by atoms with E-state index in [9.17, 15) is 5.11 Å². The molecule has 0 aliphatic rings. The summed E-state index contributed by atoms with van der Waals surface area (Å²) < 4.78 is 6.97. The summed E-state index contributed by atoms with van der Waals surface area (Å²) >= 11 is 0. The van der Waals surface area contributed by atoms with Gasteiger partial charge in [-0.2, -0.15) is 0 Å². The van der Waals surface area contributed by atoms with Gasteiger partial charge in [0.2, 0.25) is 5.88 Å². The quantitative estimate of drug-likeness (QED) is 0.617. The van der Waals surface area contributed by atoms with Crippen LogP contribution in [0.2, 0.25) is 0 Å². The number of hydrogen-bond donors (Lipinski definition) is 1. The van der Waals surface area contributed by atoms with Crippen LogP contribution in [0.4, 0.5) is 0 Å². The highest BCUT2D eigenvalue weighted by Crippen LogP contribution is 2.20. The number of aromatic nitrogens is 5. The van der Waals surface area contributed by atoms with Gasteiger partial charge in [-0.1, -0.05) is 18.2 Å². The molecule has 0 aliphatic carbocycles. The van der Waals surface area contributed by atoms with Crippen molar-refractivity contribution in [2.75, 3.05) is 7.11 Å². The van der Waals surface area contributed by atoms with Crippen molar-refractivity contribution < 1.29 is 9.84 Å². The summed E-state index contributed by atoms with van der Waals surface area (Å²) in [6, 6.07) is 11.6. The standard InChI is InChI=1S/C18H15N5O2/c1-25-17-6-5-16-19-9-14(23(16)22-17)8-12-3-2-4-13(7-12)18-20-10-15(24)11-21-18/h2-7,9-11,24H,8H2,1H3. The summed E-state index contributed by atoms with van der Waals surface area (Å²) in [5.41, 5.74) is 3.70. The third-order valence-corrected chi connectivity index (χ3v) is 3.83. The number of rotatable bonds is 4. The summed E-state index contributed by atoms with van der Waals surface area (Å²) in [7, 11) is 1.59. The van der Waals surface area contributed by atoms with Gasteiger partial charge in [0.25, 0.3) is 0 Å². The Morgan fingerprint density at radius 1 is 1.04 bits per heavy atom. The number of nitrogens with zero attached hydrogens (tertiary/aromatic N) is 5. The van der Waals surface area contributed by atoms with E-state index in [1.54, 1.807) is 17.7 Å². The van der Waals surface area contributed by atoms with Crippen LogP contribution in [0.1, 0.15) is 11.3 Å². The lowest BCUT2D eigenvalue weighted by Gasteiger charge is -2.05. The van der Waals surface area contributed by atoms with Gasteiger partial charge in [0.05, 0.1) is 31.4 Å². The lowest BCUT2D eigenvalue weighted by molar-refractivity contribution is 0.389. The maximum Gasteiger partial charge on any atom is 0.231 e. The third kappa shape index (κ3) is 2.99. The van der Waals surface area contributed by atoms with Gasteiger partial charge in [-0.3, -0.25) is 0 Å². The number of aromatic hydroxyl groups is 1. The van der Waals surface area contributed by atoms with Crippen LogP contribution in [0, 0.1) is 0 Å². The van der Waals surface area contributed by atoms with Crippen molar-refractivity contribution in [3.05, 3.63) is 66.2 Å². The molecule has 4 aromatic rings. The largest absolute Gasteiger partial charge is 0.505 e. The van der Waals surface area contributed by atoms with Crippen molar-refractivity contribution in [1.82, 2.24) is 24.6 Å². The summed E-state index contributed by atoms with van der Waals surface area (Å²) in [5.74, 6) is 1.15. The van der Waals surface area contributed by atoms with Crippen LogP contribution in [-0.2, 0) is 6.42 Å². The number of ether oxygens (including phenoxy) is 1. The summed E-state index contributed by atoms with van der Waals surface area (Å²) in [4.78, 5) is 12.7. The molecule has 7 nitrogen and oxygen atoms in total. The molecule has 0 amide bonds. The molecule has 25 heavy (non-hydrogen) atoms. The Kier molecular flexibility index (Phi) is 3.74. The molecule has 1 aromatic carbocycles. The third-order valence-electron chi connectivity index (χ3n) is 3.83. The Morgan fingerprint density at radius 3 is 2.68 bits per heavy atom. The van der Waals surface area contributed by atoms with Crippen molar-refractivity contribution in [1.29, 1.82) is 0 Å². The van der Waals surface area contributed by atoms with Crippen molar-refractivity contribution in [2.45, 2.75) is 6.42 Å². The zero-order valence-corrected chi connectivity index (χ0v) is 13.5. The second-order valence-electron chi connectivity index (χ2n) is 5.54. The highest BCUT2D eigenvalue weighted by atomic mass is 16.5. The van der Waals surface area contributed by atoms with E-state index in [2.05, 4.69) is 20.1 Å². The first-order valence-corrected chi connectivity index (χ1v) is 7.71. The molecule has 4 rings (SSSR count). The predicted octanol–water partition coefficient (Wildman–Crippen LogP) is 2.49. The minimum absolute atomic E-state index is 0.0469. The summed E-state index contributed by atoms with van der Waals surface area (Å²) in [5, 5.41) is 13.7. The van der Waals surface area contributed by atoms with E-state index in [1.807, 2.05) is 36.5 Å². The molecule has 0 fully saturated rings. The van der Waals surface area contributed by atoms with Gasteiger partial charge in [-0.05, 0) is 17.7 Å². The fourth-order valence-corrected chi connectivity index (χ4v) is 2.63. The fraction of sp³-hybridized carbons (Fsp3) is 0.111. The van der Waals surface area contributed by atoms with Gasteiger partial charge in [0, 0.05) is 18.1 Å². The first-order valence-electron chi connectivity index (χ1n) is 7.71. The number of benzene rings is 1. The van der Waals surface area contributed by atoms with Gasteiger partial charge < -0.3 is 9.84 Å². The van der Waals surface area contributed by atoms with Gasteiger partial charge in [-0.25, -0.2) is 19.5 Å². The second kappa shape index (κ2) is 6.20. The molecule has 3 aromatic heterocycles. The first-order chi connectivity index (χ1) is 12.2. The SMILES string of the molecule is COc1ccc2ncc(Cc3cccc(-c4ncc(O)cn4)c3)n2n1. The molecule has 1 N–H and O–H groups in total. The number of fused-ring (bicyclic) bond motifs is 1. The molecule has 0 unspecified atom stereocenters. The van der Waals surface area contributed by atoms with Crippen LogP contribution < -0.4 is 4.74 Å². The van der Waals surface area contributed by atoms with Crippen LogP contribution in [0.5, 0.6) is 11.6 Å². The van der Waals surface area contributed by atoms with Gasteiger partial charge in [0.15, 0.2) is 17.2 Å². The molecule has 7 heteroatoms. The monoisotopic (exact) mass is 333 g/mol. The van der Waals surface area contributed by atoms with Crippen LogP contribution in [0.3, 0.4) is 0 Å². The highest BCUT2D eigenvalue weighted by Gasteiger charge is 2.08. The smallest absolute Gasteiger partial charge is 0.231 e. The Hall–Kier alpha value is -3.48. The molecule has 0 spiro atoms. The number of hydrogen-bond acceptors (Lipinski definition) is 6. The molecule has 0 saturated carbocycles. The summed E-state index contributed by atoms with van der Waals surface area (Å²) in [6.07, 6.45) is 5.24. The van der Waals surface area contributed by atoms with Crippen molar-refractivity contribution in [3.63, 3.8) is 0 Å². The van der Waals surface area contributed by atoms with E-state index in [0.717, 1.165) is 22.5 Å². The van der Waals surface area contributed by atoms with E-state index in [-0.39, 0.29) is 5.75 Å². The summed E-state index contributed by atoms with van der Waals surface area (Å²) in [6.45, 7) is 0. The highest BCUT2D eigenvalue weighted by molar-refractivity contribution is 5.56. The van der Waals surface area contributed by atoms with Crippen LogP contribution in [0.15, 0.2) is 55.0 Å². The molecule has 0 radical (unpaired) electrons. The lowest BCUT2D eigenvalue weighted by Crippen LogP contribution is -2.01.